The van der Waals surface area contributed by atoms with Gasteiger partial charge in [0.2, 0.25) is 0 Å². The highest BCUT2D eigenvalue weighted by molar-refractivity contribution is 5.71. The molecule has 3 fully saturated rings. The first-order valence-electron chi connectivity index (χ1n) is 7.17. The molecule has 2 saturated heterocycles. The van der Waals surface area contributed by atoms with Gasteiger partial charge in [0.05, 0.1) is 5.92 Å². The van der Waals surface area contributed by atoms with Gasteiger partial charge in [-0.3, -0.25) is 9.69 Å². The normalized spacial score (nSPS) is 46.3. The maximum Gasteiger partial charge on any atom is 0.308 e. The fourth-order valence-corrected chi connectivity index (χ4v) is 4.41. The summed E-state index contributed by atoms with van der Waals surface area (Å²) in [5, 5.41) is 9.27. The summed E-state index contributed by atoms with van der Waals surface area (Å²) in [6, 6.07) is 1.63. The molecule has 0 radical (unpaired) electrons. The van der Waals surface area contributed by atoms with Gasteiger partial charge in [0.1, 0.15) is 0 Å². The zero-order valence-corrected chi connectivity index (χ0v) is 10.6. The lowest BCUT2D eigenvalue weighted by Crippen LogP contribution is -2.42. The van der Waals surface area contributed by atoms with E-state index in [2.05, 4.69) is 11.8 Å². The third-order valence-corrected chi connectivity index (χ3v) is 5.31. The van der Waals surface area contributed by atoms with Crippen LogP contribution in [0.3, 0.4) is 0 Å². The van der Waals surface area contributed by atoms with Gasteiger partial charge in [-0.25, -0.2) is 0 Å². The second-order valence-electron chi connectivity index (χ2n) is 6.34. The molecule has 3 rings (SSSR count). The molecule has 96 valence electrons. The molecular weight excluding hydrogens is 214 g/mol. The average molecular weight is 237 g/mol. The highest BCUT2D eigenvalue weighted by Gasteiger charge is 2.51. The minimum atomic E-state index is -0.564. The van der Waals surface area contributed by atoms with Crippen molar-refractivity contribution in [3.05, 3.63) is 0 Å². The van der Waals surface area contributed by atoms with Crippen molar-refractivity contribution in [1.29, 1.82) is 0 Å². The first-order valence-corrected chi connectivity index (χ1v) is 7.17. The highest BCUT2D eigenvalue weighted by Crippen LogP contribution is 2.45. The van der Waals surface area contributed by atoms with Gasteiger partial charge < -0.3 is 5.11 Å². The summed E-state index contributed by atoms with van der Waals surface area (Å²) >= 11 is 0. The van der Waals surface area contributed by atoms with Crippen LogP contribution in [0.4, 0.5) is 0 Å². The maximum atomic E-state index is 11.2. The van der Waals surface area contributed by atoms with E-state index in [1.54, 1.807) is 0 Å². The molecule has 2 aliphatic heterocycles. The van der Waals surface area contributed by atoms with E-state index in [0.717, 1.165) is 18.8 Å². The Balaban J connectivity index is 1.70. The van der Waals surface area contributed by atoms with Crippen molar-refractivity contribution >= 4 is 5.97 Å². The molecule has 3 atom stereocenters. The summed E-state index contributed by atoms with van der Waals surface area (Å²) in [4.78, 5) is 13.8. The first-order chi connectivity index (χ1) is 8.16. The molecular formula is C14H23NO2. The number of aliphatic carboxylic acids is 1. The summed E-state index contributed by atoms with van der Waals surface area (Å²) in [6.45, 7) is 2.34. The molecule has 2 bridgehead atoms. The zero-order chi connectivity index (χ0) is 12.0. The molecule has 1 saturated carbocycles. The first kappa shape index (κ1) is 11.5. The third-order valence-electron chi connectivity index (χ3n) is 5.31. The second-order valence-corrected chi connectivity index (χ2v) is 6.34. The van der Waals surface area contributed by atoms with E-state index in [1.807, 2.05) is 0 Å². The van der Waals surface area contributed by atoms with E-state index < -0.39 is 5.97 Å². The fraction of sp³-hybridized carbons (Fsp3) is 0.929. The summed E-state index contributed by atoms with van der Waals surface area (Å²) < 4.78 is 0. The van der Waals surface area contributed by atoms with Crippen LogP contribution >= 0.6 is 0 Å². The topological polar surface area (TPSA) is 40.5 Å². The number of hydrogen-bond donors (Lipinski definition) is 1. The van der Waals surface area contributed by atoms with E-state index in [4.69, 9.17) is 0 Å². The molecule has 3 nitrogen and oxygen atoms in total. The predicted molar refractivity (Wildman–Crippen MR) is 65.8 cm³/mol. The Morgan fingerprint density at radius 2 is 1.71 bits per heavy atom. The Labute approximate surface area is 103 Å². The van der Waals surface area contributed by atoms with Crippen molar-refractivity contribution in [2.24, 2.45) is 11.8 Å². The van der Waals surface area contributed by atoms with Crippen molar-refractivity contribution < 1.29 is 9.90 Å². The standard InChI is InChI=1S/C14H23NO2/c1-9-2-4-10(5-3-9)15-11-6-7-13(15)12(8-11)14(16)17/h9-13H,2-8H2,1H3,(H,16,17). The molecule has 0 aromatic heterocycles. The van der Waals surface area contributed by atoms with Crippen LogP contribution in [0, 0.1) is 11.8 Å². The van der Waals surface area contributed by atoms with Crippen LogP contribution in [0.25, 0.3) is 0 Å². The minimum absolute atomic E-state index is 0.0758. The number of carboxylic acid groups (broad SMARTS) is 1. The van der Waals surface area contributed by atoms with Crippen LogP contribution in [0.1, 0.15) is 51.9 Å². The Morgan fingerprint density at radius 3 is 2.29 bits per heavy atom. The number of nitrogens with zero attached hydrogens (tertiary/aromatic N) is 1. The van der Waals surface area contributed by atoms with Crippen molar-refractivity contribution in [3.8, 4) is 0 Å². The number of carboxylic acids is 1. The molecule has 0 amide bonds. The van der Waals surface area contributed by atoms with Crippen molar-refractivity contribution in [1.82, 2.24) is 4.90 Å². The lowest BCUT2D eigenvalue weighted by molar-refractivity contribution is -0.142. The predicted octanol–water partition coefficient (Wildman–Crippen LogP) is 2.50. The number of hydrogen-bond acceptors (Lipinski definition) is 2. The van der Waals surface area contributed by atoms with Crippen molar-refractivity contribution in [3.63, 3.8) is 0 Å². The lowest BCUT2D eigenvalue weighted by Gasteiger charge is -2.36. The molecule has 0 aromatic rings. The van der Waals surface area contributed by atoms with Crippen LogP contribution in [0.5, 0.6) is 0 Å². The molecule has 3 aliphatic rings. The Kier molecular flexibility index (Phi) is 2.89. The number of carbonyl (C=O) groups is 1. The summed E-state index contributed by atoms with van der Waals surface area (Å²) in [6.07, 6.45) is 8.51. The van der Waals surface area contributed by atoms with E-state index in [-0.39, 0.29) is 5.92 Å². The Hall–Kier alpha value is -0.570. The molecule has 2 heterocycles. The summed E-state index contributed by atoms with van der Waals surface area (Å²) in [5.74, 6) is 0.237. The molecule has 1 N–H and O–H groups in total. The Morgan fingerprint density at radius 1 is 1.06 bits per heavy atom. The van der Waals surface area contributed by atoms with Crippen LogP contribution in [-0.2, 0) is 4.79 Å². The van der Waals surface area contributed by atoms with Crippen LogP contribution < -0.4 is 0 Å². The van der Waals surface area contributed by atoms with Gasteiger partial charge in [-0.15, -0.1) is 0 Å². The van der Waals surface area contributed by atoms with Crippen LogP contribution in [0.15, 0.2) is 0 Å². The highest BCUT2D eigenvalue weighted by atomic mass is 16.4. The minimum Gasteiger partial charge on any atom is -0.481 e. The fourth-order valence-electron chi connectivity index (χ4n) is 4.41. The van der Waals surface area contributed by atoms with Gasteiger partial charge in [0.15, 0.2) is 0 Å². The van der Waals surface area contributed by atoms with Gasteiger partial charge in [-0.1, -0.05) is 6.92 Å². The smallest absolute Gasteiger partial charge is 0.308 e. The van der Waals surface area contributed by atoms with Crippen molar-refractivity contribution in [2.75, 3.05) is 0 Å². The van der Waals surface area contributed by atoms with E-state index in [0.29, 0.717) is 18.1 Å². The molecule has 0 spiro atoms. The lowest BCUT2D eigenvalue weighted by atomic mass is 9.86. The van der Waals surface area contributed by atoms with E-state index in [9.17, 15) is 9.90 Å². The number of fused-ring (bicyclic) bond motifs is 2. The van der Waals surface area contributed by atoms with Gasteiger partial charge >= 0.3 is 5.97 Å². The molecule has 3 unspecified atom stereocenters. The maximum absolute atomic E-state index is 11.2. The van der Waals surface area contributed by atoms with Crippen molar-refractivity contribution in [2.45, 2.75) is 70.0 Å². The van der Waals surface area contributed by atoms with Gasteiger partial charge in [-0.05, 0) is 50.9 Å². The molecule has 3 heteroatoms. The van der Waals surface area contributed by atoms with Crippen LogP contribution in [-0.4, -0.2) is 34.1 Å². The third kappa shape index (κ3) is 1.88. The monoisotopic (exact) mass is 237 g/mol. The quantitative estimate of drug-likeness (QED) is 0.802. The Bertz CT molecular complexity index is 309. The molecule has 1 aliphatic carbocycles. The van der Waals surface area contributed by atoms with E-state index in [1.165, 1.54) is 32.1 Å². The average Bonchev–Trinajstić information content (AvgIpc) is 2.87. The summed E-state index contributed by atoms with van der Waals surface area (Å²) in [7, 11) is 0. The van der Waals surface area contributed by atoms with Crippen LogP contribution in [0.2, 0.25) is 0 Å². The second kappa shape index (κ2) is 4.27. The van der Waals surface area contributed by atoms with Gasteiger partial charge in [0.25, 0.3) is 0 Å². The largest absolute Gasteiger partial charge is 0.481 e. The zero-order valence-electron chi connectivity index (χ0n) is 10.6. The van der Waals surface area contributed by atoms with E-state index >= 15 is 0 Å². The van der Waals surface area contributed by atoms with Gasteiger partial charge in [-0.2, -0.15) is 0 Å². The van der Waals surface area contributed by atoms with Gasteiger partial charge in [0, 0.05) is 18.1 Å². The summed E-state index contributed by atoms with van der Waals surface area (Å²) in [5.41, 5.74) is 0. The molecule has 0 aromatic carbocycles. The molecule has 17 heavy (non-hydrogen) atoms. The SMILES string of the molecule is CC1CCC(N2C3CCC2C(C(=O)O)C3)CC1. The number of rotatable bonds is 2.